The maximum absolute atomic E-state index is 14.0. The molecule has 20 heavy (non-hydrogen) atoms. The van der Waals surface area contributed by atoms with E-state index in [1.54, 1.807) is 18.3 Å². The number of halogens is 1. The van der Waals surface area contributed by atoms with Gasteiger partial charge < -0.3 is 9.30 Å². The van der Waals surface area contributed by atoms with Gasteiger partial charge in [-0.15, -0.1) is 0 Å². The first-order chi connectivity index (χ1) is 9.65. The maximum Gasteiger partial charge on any atom is 0.131 e. The van der Waals surface area contributed by atoms with Crippen molar-refractivity contribution < 1.29 is 9.13 Å². The molecule has 2 aromatic rings. The Morgan fingerprint density at radius 1 is 1.50 bits per heavy atom. The summed E-state index contributed by atoms with van der Waals surface area (Å²) < 4.78 is 21.0. The number of hydrazine groups is 1. The summed E-state index contributed by atoms with van der Waals surface area (Å²) in [6.45, 7) is 0. The monoisotopic (exact) mass is 278 g/mol. The van der Waals surface area contributed by atoms with E-state index in [4.69, 9.17) is 10.6 Å². The van der Waals surface area contributed by atoms with Gasteiger partial charge in [-0.05, 0) is 12.5 Å². The molecular weight excluding hydrogens is 259 g/mol. The third kappa shape index (κ3) is 3.15. The molecule has 0 fully saturated rings. The number of nitrogens with zero attached hydrogens (tertiary/aromatic N) is 2. The minimum atomic E-state index is -0.327. The van der Waals surface area contributed by atoms with Crippen molar-refractivity contribution in [3.8, 4) is 5.75 Å². The highest BCUT2D eigenvalue weighted by atomic mass is 19.1. The largest absolute Gasteiger partial charge is 0.497 e. The molecule has 0 bridgehead atoms. The van der Waals surface area contributed by atoms with E-state index in [-0.39, 0.29) is 11.9 Å². The number of aromatic nitrogens is 2. The summed E-state index contributed by atoms with van der Waals surface area (Å²) in [5, 5.41) is 0. The molecule has 1 aromatic heterocycles. The fourth-order valence-corrected chi connectivity index (χ4v) is 2.16. The van der Waals surface area contributed by atoms with Crippen LogP contribution in [0.5, 0.6) is 5.75 Å². The van der Waals surface area contributed by atoms with Crippen molar-refractivity contribution in [1.82, 2.24) is 15.0 Å². The average molecular weight is 278 g/mol. The van der Waals surface area contributed by atoms with Gasteiger partial charge in [0.25, 0.3) is 0 Å². The maximum atomic E-state index is 14.0. The van der Waals surface area contributed by atoms with Crippen LogP contribution in [-0.4, -0.2) is 16.7 Å². The summed E-state index contributed by atoms with van der Waals surface area (Å²) in [6.07, 6.45) is 5.00. The lowest BCUT2D eigenvalue weighted by molar-refractivity contribution is 0.408. The van der Waals surface area contributed by atoms with Gasteiger partial charge >= 0.3 is 0 Å². The second kappa shape index (κ2) is 6.49. The zero-order valence-electron chi connectivity index (χ0n) is 11.6. The molecule has 0 radical (unpaired) electrons. The summed E-state index contributed by atoms with van der Waals surface area (Å²) in [5.41, 5.74) is 3.19. The lowest BCUT2D eigenvalue weighted by atomic mass is 10.0. The van der Waals surface area contributed by atoms with Crippen LogP contribution < -0.4 is 16.0 Å². The first-order valence-corrected chi connectivity index (χ1v) is 6.41. The van der Waals surface area contributed by atoms with Crippen LogP contribution >= 0.6 is 0 Å². The normalized spacial score (nSPS) is 12.4. The van der Waals surface area contributed by atoms with Crippen LogP contribution in [0.1, 0.15) is 23.9 Å². The molecule has 0 aliphatic rings. The number of methoxy groups -OCH3 is 1. The van der Waals surface area contributed by atoms with Crippen molar-refractivity contribution in [2.24, 2.45) is 12.9 Å². The highest BCUT2D eigenvalue weighted by Gasteiger charge is 2.16. The molecule has 1 heterocycles. The summed E-state index contributed by atoms with van der Waals surface area (Å²) >= 11 is 0. The van der Waals surface area contributed by atoms with Crippen LogP contribution in [0.15, 0.2) is 30.6 Å². The van der Waals surface area contributed by atoms with Crippen LogP contribution in [0.2, 0.25) is 0 Å². The number of aryl methyl sites for hydroxylation is 2. The Hall–Kier alpha value is -1.92. The van der Waals surface area contributed by atoms with E-state index in [2.05, 4.69) is 10.4 Å². The van der Waals surface area contributed by atoms with Crippen molar-refractivity contribution >= 4 is 0 Å². The van der Waals surface area contributed by atoms with E-state index in [1.807, 2.05) is 17.8 Å². The van der Waals surface area contributed by atoms with Crippen LogP contribution in [-0.2, 0) is 13.5 Å². The Kier molecular flexibility index (Phi) is 4.70. The summed E-state index contributed by atoms with van der Waals surface area (Å²) in [4.78, 5) is 4.25. The van der Waals surface area contributed by atoms with Crippen LogP contribution in [0.3, 0.4) is 0 Å². The highest BCUT2D eigenvalue weighted by molar-refractivity contribution is 5.30. The van der Waals surface area contributed by atoms with E-state index in [1.165, 1.54) is 13.2 Å². The van der Waals surface area contributed by atoms with Crippen molar-refractivity contribution in [3.05, 3.63) is 47.8 Å². The quantitative estimate of drug-likeness (QED) is 0.623. The molecular formula is C14H19FN4O. The van der Waals surface area contributed by atoms with Crippen molar-refractivity contribution in [3.63, 3.8) is 0 Å². The lowest BCUT2D eigenvalue weighted by Gasteiger charge is -2.17. The third-order valence-corrected chi connectivity index (χ3v) is 3.36. The number of nitrogens with one attached hydrogen (secondary N) is 1. The van der Waals surface area contributed by atoms with Gasteiger partial charge in [-0.2, -0.15) is 0 Å². The first kappa shape index (κ1) is 14.5. The number of hydrogen-bond donors (Lipinski definition) is 2. The van der Waals surface area contributed by atoms with Gasteiger partial charge in [-0.3, -0.25) is 11.3 Å². The number of imidazole rings is 1. The van der Waals surface area contributed by atoms with Gasteiger partial charge in [0.2, 0.25) is 0 Å². The average Bonchev–Trinajstić information content (AvgIpc) is 2.86. The SMILES string of the molecule is COc1ccc(C(CCc2nccn2C)NN)c(F)c1. The van der Waals surface area contributed by atoms with Crippen LogP contribution in [0, 0.1) is 5.82 Å². The molecule has 6 heteroatoms. The highest BCUT2D eigenvalue weighted by Crippen LogP contribution is 2.24. The summed E-state index contributed by atoms with van der Waals surface area (Å²) in [6, 6.07) is 4.51. The van der Waals surface area contributed by atoms with Crippen LogP contribution in [0.4, 0.5) is 4.39 Å². The van der Waals surface area contributed by atoms with E-state index in [0.717, 1.165) is 5.82 Å². The molecule has 1 unspecified atom stereocenters. The molecule has 0 aliphatic carbocycles. The lowest BCUT2D eigenvalue weighted by Crippen LogP contribution is -2.29. The predicted octanol–water partition coefficient (Wildman–Crippen LogP) is 1.71. The van der Waals surface area contributed by atoms with E-state index >= 15 is 0 Å². The number of benzene rings is 1. The van der Waals surface area contributed by atoms with Crippen molar-refractivity contribution in [1.29, 1.82) is 0 Å². The topological polar surface area (TPSA) is 65.1 Å². The fourth-order valence-electron chi connectivity index (χ4n) is 2.16. The van der Waals surface area contributed by atoms with Gasteiger partial charge in [0, 0.05) is 43.5 Å². The Morgan fingerprint density at radius 3 is 2.85 bits per heavy atom. The Balaban J connectivity index is 2.10. The number of nitrogens with two attached hydrogens (primary N) is 1. The van der Waals surface area contributed by atoms with Gasteiger partial charge in [-0.1, -0.05) is 6.07 Å². The van der Waals surface area contributed by atoms with Gasteiger partial charge in [0.05, 0.1) is 7.11 Å². The van der Waals surface area contributed by atoms with Crippen molar-refractivity contribution in [2.45, 2.75) is 18.9 Å². The van der Waals surface area contributed by atoms with Crippen LogP contribution in [0.25, 0.3) is 0 Å². The molecule has 1 atom stereocenters. The number of ether oxygens (including phenoxy) is 1. The van der Waals surface area contributed by atoms with E-state index in [9.17, 15) is 4.39 Å². The standard InChI is InChI=1S/C14H19FN4O/c1-19-8-7-17-14(19)6-5-13(18-16)11-4-3-10(20-2)9-12(11)15/h3-4,7-9,13,18H,5-6,16H2,1-2H3. The molecule has 5 nitrogen and oxygen atoms in total. The molecule has 2 rings (SSSR count). The fraction of sp³-hybridized carbons (Fsp3) is 0.357. The Labute approximate surface area is 117 Å². The molecule has 0 amide bonds. The molecule has 1 aromatic carbocycles. The van der Waals surface area contributed by atoms with Gasteiger partial charge in [0.15, 0.2) is 0 Å². The second-order valence-electron chi connectivity index (χ2n) is 4.60. The molecule has 0 saturated heterocycles. The molecule has 0 spiro atoms. The minimum Gasteiger partial charge on any atom is -0.497 e. The third-order valence-electron chi connectivity index (χ3n) is 3.36. The molecule has 0 aliphatic heterocycles. The van der Waals surface area contributed by atoms with E-state index < -0.39 is 0 Å². The summed E-state index contributed by atoms with van der Waals surface area (Å²) in [5.74, 6) is 6.66. The minimum absolute atomic E-state index is 0.266. The molecule has 0 saturated carbocycles. The smallest absolute Gasteiger partial charge is 0.131 e. The van der Waals surface area contributed by atoms with Gasteiger partial charge in [0.1, 0.15) is 17.4 Å². The van der Waals surface area contributed by atoms with Crippen molar-refractivity contribution in [2.75, 3.05) is 7.11 Å². The number of hydrogen-bond acceptors (Lipinski definition) is 4. The molecule has 3 N–H and O–H groups in total. The number of rotatable bonds is 6. The zero-order valence-corrected chi connectivity index (χ0v) is 11.6. The first-order valence-electron chi connectivity index (χ1n) is 6.41. The summed E-state index contributed by atoms with van der Waals surface area (Å²) in [7, 11) is 3.44. The Bertz CT molecular complexity index is 570. The Morgan fingerprint density at radius 2 is 2.30 bits per heavy atom. The van der Waals surface area contributed by atoms with Gasteiger partial charge in [-0.25, -0.2) is 9.37 Å². The van der Waals surface area contributed by atoms with E-state index in [0.29, 0.717) is 24.2 Å². The second-order valence-corrected chi connectivity index (χ2v) is 4.60. The predicted molar refractivity (Wildman–Crippen MR) is 74.5 cm³/mol. The molecule has 108 valence electrons. The zero-order chi connectivity index (χ0) is 14.5.